The van der Waals surface area contributed by atoms with Gasteiger partial charge in [0.15, 0.2) is 0 Å². The average Bonchev–Trinajstić information content (AvgIpc) is 2.73. The van der Waals surface area contributed by atoms with E-state index in [9.17, 15) is 4.79 Å². The number of anilines is 1. The molecule has 5 heteroatoms. The van der Waals surface area contributed by atoms with Gasteiger partial charge < -0.3 is 20.9 Å². The Balaban J connectivity index is 1.65. The molecule has 1 atom stereocenters. The highest BCUT2D eigenvalue weighted by atomic mass is 16.5. The molecule has 3 aromatic carbocycles. The molecule has 0 radical (unpaired) electrons. The van der Waals surface area contributed by atoms with Crippen molar-refractivity contribution >= 4 is 11.6 Å². The van der Waals surface area contributed by atoms with E-state index in [0.29, 0.717) is 17.2 Å². The number of ether oxygens (including phenoxy) is 1. The molecule has 0 fully saturated rings. The maximum absolute atomic E-state index is 11.8. The Morgan fingerprint density at radius 3 is 2.29 bits per heavy atom. The van der Waals surface area contributed by atoms with Gasteiger partial charge in [0.05, 0.1) is 6.61 Å². The smallest absolute Gasteiger partial charge is 0.243 e. The van der Waals surface area contributed by atoms with Crippen molar-refractivity contribution in [3.05, 3.63) is 90.0 Å². The van der Waals surface area contributed by atoms with Gasteiger partial charge in [-0.25, -0.2) is 0 Å². The molecule has 0 heterocycles. The van der Waals surface area contributed by atoms with Crippen molar-refractivity contribution in [3.63, 3.8) is 0 Å². The molecule has 5 nitrogen and oxygen atoms in total. The van der Waals surface area contributed by atoms with Crippen LogP contribution in [0.25, 0.3) is 0 Å². The summed E-state index contributed by atoms with van der Waals surface area (Å²) in [5.74, 6) is 6.99. The third kappa shape index (κ3) is 5.45. The summed E-state index contributed by atoms with van der Waals surface area (Å²) in [7, 11) is 0. The first-order valence-electron chi connectivity index (χ1n) is 8.76. The van der Waals surface area contributed by atoms with Gasteiger partial charge in [0, 0.05) is 22.9 Å². The molecule has 0 aliphatic carbocycles. The van der Waals surface area contributed by atoms with Gasteiger partial charge in [-0.3, -0.25) is 4.79 Å². The molecule has 0 bridgehead atoms. The summed E-state index contributed by atoms with van der Waals surface area (Å²) < 4.78 is 5.83. The van der Waals surface area contributed by atoms with Gasteiger partial charge in [0.25, 0.3) is 0 Å². The second-order valence-electron chi connectivity index (χ2n) is 6.05. The van der Waals surface area contributed by atoms with Crippen LogP contribution in [0.4, 0.5) is 5.69 Å². The molecule has 3 rings (SSSR count). The van der Waals surface area contributed by atoms with Crippen LogP contribution < -0.4 is 15.8 Å². The largest absolute Gasteiger partial charge is 0.457 e. The topological polar surface area (TPSA) is 84.6 Å². The fourth-order valence-electron chi connectivity index (χ4n) is 2.36. The van der Waals surface area contributed by atoms with Crippen LogP contribution in [-0.4, -0.2) is 23.7 Å². The van der Waals surface area contributed by atoms with Gasteiger partial charge in [-0.2, -0.15) is 0 Å². The van der Waals surface area contributed by atoms with E-state index in [2.05, 4.69) is 17.2 Å². The minimum Gasteiger partial charge on any atom is -0.457 e. The second kappa shape index (κ2) is 9.38. The number of carbonyl (C=O) groups is 1. The number of nitrogens with one attached hydrogen (secondary N) is 1. The van der Waals surface area contributed by atoms with Crippen LogP contribution >= 0.6 is 0 Å². The zero-order chi connectivity index (χ0) is 19.8. The van der Waals surface area contributed by atoms with Gasteiger partial charge >= 0.3 is 0 Å². The van der Waals surface area contributed by atoms with Gasteiger partial charge in [-0.15, -0.1) is 0 Å². The predicted octanol–water partition coefficient (Wildman–Crippen LogP) is 3.14. The molecule has 0 aromatic heterocycles. The lowest BCUT2D eigenvalue weighted by molar-refractivity contribution is -0.118. The normalized spacial score (nSPS) is 11.1. The molecule has 0 aliphatic heterocycles. The number of nitrogens with two attached hydrogens (primary N) is 1. The highest BCUT2D eigenvalue weighted by Crippen LogP contribution is 2.24. The Kier molecular flexibility index (Phi) is 6.42. The minimum absolute atomic E-state index is 0.415. The SMILES string of the molecule is N[C@H](CO)C(=O)Nc1cccc(Oc2ccc(C#Cc3ccccc3)cc2)c1. The molecular weight excluding hydrogens is 352 g/mol. The minimum atomic E-state index is -0.964. The maximum Gasteiger partial charge on any atom is 0.243 e. The lowest BCUT2D eigenvalue weighted by Gasteiger charge is -2.11. The maximum atomic E-state index is 11.8. The van der Waals surface area contributed by atoms with E-state index in [1.165, 1.54) is 0 Å². The standard InChI is InChI=1S/C23H20N2O3/c24-22(16-26)23(27)25-19-7-4-8-21(15-19)28-20-13-11-18(12-14-20)10-9-17-5-2-1-3-6-17/h1-8,11-15,22,26H,16,24H2,(H,25,27)/t22-/m1/s1. The van der Waals surface area contributed by atoms with Crippen molar-refractivity contribution in [1.82, 2.24) is 0 Å². The molecule has 0 saturated carbocycles. The van der Waals surface area contributed by atoms with E-state index in [4.69, 9.17) is 15.6 Å². The van der Waals surface area contributed by atoms with E-state index in [1.807, 2.05) is 54.6 Å². The van der Waals surface area contributed by atoms with Gasteiger partial charge in [0.1, 0.15) is 17.5 Å². The van der Waals surface area contributed by atoms with Crippen LogP contribution in [-0.2, 0) is 4.79 Å². The van der Waals surface area contributed by atoms with E-state index < -0.39 is 18.6 Å². The van der Waals surface area contributed by atoms with E-state index >= 15 is 0 Å². The molecule has 3 aromatic rings. The lowest BCUT2D eigenvalue weighted by Crippen LogP contribution is -2.38. The summed E-state index contributed by atoms with van der Waals surface area (Å²) in [6, 6.07) is 23.2. The third-order valence-electron chi connectivity index (χ3n) is 3.85. The van der Waals surface area contributed by atoms with E-state index in [1.54, 1.807) is 24.3 Å². The molecule has 0 aliphatic rings. The van der Waals surface area contributed by atoms with Crippen LogP contribution in [0.2, 0.25) is 0 Å². The Morgan fingerprint density at radius 2 is 1.61 bits per heavy atom. The number of rotatable bonds is 5. The van der Waals surface area contributed by atoms with Crippen molar-refractivity contribution in [2.24, 2.45) is 5.73 Å². The van der Waals surface area contributed by atoms with Crippen LogP contribution in [0, 0.1) is 11.8 Å². The fraction of sp³-hybridized carbons (Fsp3) is 0.0870. The van der Waals surface area contributed by atoms with E-state index in [0.717, 1.165) is 11.1 Å². The number of hydrogen-bond donors (Lipinski definition) is 3. The molecule has 4 N–H and O–H groups in total. The number of aliphatic hydroxyl groups excluding tert-OH is 1. The number of aliphatic hydroxyl groups is 1. The first-order chi connectivity index (χ1) is 13.6. The molecule has 28 heavy (non-hydrogen) atoms. The second-order valence-corrected chi connectivity index (χ2v) is 6.05. The van der Waals surface area contributed by atoms with Gasteiger partial charge in [0.2, 0.25) is 5.91 Å². The van der Waals surface area contributed by atoms with Crippen molar-refractivity contribution in [2.75, 3.05) is 11.9 Å². The zero-order valence-corrected chi connectivity index (χ0v) is 15.1. The highest BCUT2D eigenvalue weighted by molar-refractivity contribution is 5.94. The lowest BCUT2D eigenvalue weighted by atomic mass is 10.2. The third-order valence-corrected chi connectivity index (χ3v) is 3.85. The van der Waals surface area contributed by atoms with Crippen molar-refractivity contribution in [2.45, 2.75) is 6.04 Å². The fourth-order valence-corrected chi connectivity index (χ4v) is 2.36. The molecule has 0 spiro atoms. The Hall–Kier alpha value is -3.59. The predicted molar refractivity (Wildman–Crippen MR) is 109 cm³/mol. The summed E-state index contributed by atoms with van der Waals surface area (Å²) in [6.07, 6.45) is 0. The van der Waals surface area contributed by atoms with Crippen LogP contribution in [0.15, 0.2) is 78.9 Å². The molecule has 0 unspecified atom stereocenters. The summed E-state index contributed by atoms with van der Waals surface area (Å²) in [5, 5.41) is 11.6. The number of carbonyl (C=O) groups excluding carboxylic acids is 1. The van der Waals surface area contributed by atoms with Gasteiger partial charge in [-0.05, 0) is 48.5 Å². The zero-order valence-electron chi connectivity index (χ0n) is 15.1. The summed E-state index contributed by atoms with van der Waals surface area (Å²) in [6.45, 7) is -0.415. The van der Waals surface area contributed by atoms with Crippen molar-refractivity contribution in [1.29, 1.82) is 0 Å². The molecule has 0 saturated heterocycles. The summed E-state index contributed by atoms with van der Waals surface area (Å²) >= 11 is 0. The number of amides is 1. The average molecular weight is 372 g/mol. The molecular formula is C23H20N2O3. The van der Waals surface area contributed by atoms with Crippen LogP contribution in [0.5, 0.6) is 11.5 Å². The molecule has 140 valence electrons. The first kappa shape index (κ1) is 19.2. The van der Waals surface area contributed by atoms with E-state index in [-0.39, 0.29) is 0 Å². The number of hydrogen-bond acceptors (Lipinski definition) is 4. The van der Waals surface area contributed by atoms with Crippen molar-refractivity contribution < 1.29 is 14.6 Å². The monoisotopic (exact) mass is 372 g/mol. The Morgan fingerprint density at radius 1 is 0.929 bits per heavy atom. The quantitative estimate of drug-likeness (QED) is 0.601. The van der Waals surface area contributed by atoms with Crippen molar-refractivity contribution in [3.8, 4) is 23.3 Å². The summed E-state index contributed by atoms with van der Waals surface area (Å²) in [4.78, 5) is 11.8. The molecule has 1 amide bonds. The number of benzene rings is 3. The Bertz CT molecular complexity index is 990. The van der Waals surface area contributed by atoms with Gasteiger partial charge in [-0.1, -0.05) is 36.1 Å². The summed E-state index contributed by atoms with van der Waals surface area (Å²) in [5.41, 5.74) is 7.88. The van der Waals surface area contributed by atoms with Crippen LogP contribution in [0.1, 0.15) is 11.1 Å². The first-order valence-corrected chi connectivity index (χ1v) is 8.76. The highest BCUT2D eigenvalue weighted by Gasteiger charge is 2.12. The Labute approximate surface area is 163 Å². The van der Waals surface area contributed by atoms with Crippen LogP contribution in [0.3, 0.4) is 0 Å².